The molecule has 1 amide bonds. The molecule has 154 valence electrons. The first-order chi connectivity index (χ1) is 14.4. The number of amides is 1. The number of benzene rings is 2. The minimum atomic E-state index is -1.26. The lowest BCUT2D eigenvalue weighted by Gasteiger charge is -2.20. The van der Waals surface area contributed by atoms with Crippen LogP contribution in [0.3, 0.4) is 0 Å². The van der Waals surface area contributed by atoms with Crippen molar-refractivity contribution in [2.24, 2.45) is 0 Å². The smallest absolute Gasteiger partial charge is 0.357 e. The van der Waals surface area contributed by atoms with Gasteiger partial charge in [-0.3, -0.25) is 9.59 Å². The lowest BCUT2D eigenvalue weighted by atomic mass is 10.1. The van der Waals surface area contributed by atoms with Crippen molar-refractivity contribution >= 4 is 34.0 Å². The van der Waals surface area contributed by atoms with Gasteiger partial charge in [-0.15, -0.1) is 0 Å². The van der Waals surface area contributed by atoms with Gasteiger partial charge in [-0.05, 0) is 49.6 Å². The van der Waals surface area contributed by atoms with Crippen LogP contribution in [0.2, 0.25) is 0 Å². The second kappa shape index (κ2) is 7.98. The number of nitrogens with zero attached hydrogens (tertiary/aromatic N) is 3. The zero-order valence-corrected chi connectivity index (χ0v) is 16.6. The van der Waals surface area contributed by atoms with Crippen molar-refractivity contribution in [3.05, 3.63) is 64.1 Å². The van der Waals surface area contributed by atoms with Crippen LogP contribution in [-0.2, 0) is 11.3 Å². The average molecular weight is 406 g/mol. The number of hydrogen-bond donors (Lipinski definition) is 2. The number of aryl methyl sites for hydroxylation is 1. The van der Waals surface area contributed by atoms with Gasteiger partial charge in [-0.2, -0.15) is 5.10 Å². The predicted octanol–water partition coefficient (Wildman–Crippen LogP) is 2.64. The molecule has 0 radical (unpaired) electrons. The molecule has 0 aliphatic carbocycles. The lowest BCUT2D eigenvalue weighted by molar-refractivity contribution is -0.117. The fourth-order valence-electron chi connectivity index (χ4n) is 3.88. The number of carboxylic acids is 1. The lowest BCUT2D eigenvalue weighted by Crippen LogP contribution is -2.31. The number of aromatic carboxylic acids is 1. The summed E-state index contributed by atoms with van der Waals surface area (Å²) < 4.78 is 0.895. The normalized spacial score (nSPS) is 13.6. The molecule has 8 nitrogen and oxygen atoms in total. The summed E-state index contributed by atoms with van der Waals surface area (Å²) in [4.78, 5) is 39.1. The number of carbonyl (C=O) groups is 2. The maximum Gasteiger partial charge on any atom is 0.357 e. The van der Waals surface area contributed by atoms with Crippen molar-refractivity contribution < 1.29 is 14.7 Å². The Kier molecular flexibility index (Phi) is 5.22. The van der Waals surface area contributed by atoms with Crippen LogP contribution in [0.25, 0.3) is 10.8 Å². The van der Waals surface area contributed by atoms with Crippen LogP contribution >= 0.6 is 0 Å². The third kappa shape index (κ3) is 3.76. The summed E-state index contributed by atoms with van der Waals surface area (Å²) in [5.74, 6) is -1.71. The third-order valence-corrected chi connectivity index (χ3v) is 5.29. The van der Waals surface area contributed by atoms with Gasteiger partial charge in [0.1, 0.15) is 6.54 Å². The van der Waals surface area contributed by atoms with E-state index in [1.807, 2.05) is 25.1 Å². The van der Waals surface area contributed by atoms with Crippen molar-refractivity contribution in [2.75, 3.05) is 23.3 Å². The maximum absolute atomic E-state index is 12.7. The van der Waals surface area contributed by atoms with E-state index in [0.29, 0.717) is 5.69 Å². The summed E-state index contributed by atoms with van der Waals surface area (Å²) in [5, 5.41) is 16.6. The number of carboxylic acid groups (broad SMARTS) is 1. The molecule has 2 aromatic carbocycles. The monoisotopic (exact) mass is 406 g/mol. The molecule has 0 unspecified atom stereocenters. The number of nitrogens with one attached hydrogen (secondary N) is 1. The molecule has 1 saturated heterocycles. The Bertz CT molecular complexity index is 1200. The minimum Gasteiger partial charge on any atom is -0.476 e. The number of anilines is 2. The van der Waals surface area contributed by atoms with Crippen LogP contribution in [0.1, 0.15) is 28.9 Å². The van der Waals surface area contributed by atoms with Gasteiger partial charge in [0, 0.05) is 29.9 Å². The van der Waals surface area contributed by atoms with Gasteiger partial charge in [0.15, 0.2) is 5.69 Å². The Hall–Kier alpha value is -3.68. The Balaban J connectivity index is 1.56. The van der Waals surface area contributed by atoms with Crippen LogP contribution < -0.4 is 15.8 Å². The first kappa shape index (κ1) is 19.6. The minimum absolute atomic E-state index is 0.212. The molecule has 8 heteroatoms. The van der Waals surface area contributed by atoms with Gasteiger partial charge in [0.05, 0.1) is 5.39 Å². The fraction of sp³-hybridized carbons (Fsp3) is 0.273. The van der Waals surface area contributed by atoms with Crippen molar-refractivity contribution in [2.45, 2.75) is 26.3 Å². The highest BCUT2D eigenvalue weighted by molar-refractivity contribution is 6.01. The Morgan fingerprint density at radius 1 is 1.10 bits per heavy atom. The van der Waals surface area contributed by atoms with Crippen molar-refractivity contribution in [3.8, 4) is 0 Å². The summed E-state index contributed by atoms with van der Waals surface area (Å²) in [6.45, 7) is 3.69. The SMILES string of the molecule is Cc1cc(NC(=O)Cn2nc(C(=O)O)c3ccccc3c2=O)ccc1N1CCCC1. The molecular weight excluding hydrogens is 384 g/mol. The van der Waals surface area contributed by atoms with E-state index in [9.17, 15) is 19.5 Å². The molecule has 30 heavy (non-hydrogen) atoms. The first-order valence-corrected chi connectivity index (χ1v) is 9.82. The molecule has 1 aliphatic rings. The summed E-state index contributed by atoms with van der Waals surface area (Å²) in [6.07, 6.45) is 2.37. The summed E-state index contributed by atoms with van der Waals surface area (Å²) in [6, 6.07) is 12.1. The van der Waals surface area contributed by atoms with Gasteiger partial charge >= 0.3 is 5.97 Å². The van der Waals surface area contributed by atoms with E-state index in [4.69, 9.17) is 0 Å². The predicted molar refractivity (Wildman–Crippen MR) is 114 cm³/mol. The Morgan fingerprint density at radius 2 is 1.80 bits per heavy atom. The van der Waals surface area contributed by atoms with E-state index in [0.717, 1.165) is 29.0 Å². The van der Waals surface area contributed by atoms with Crippen LogP contribution in [0.15, 0.2) is 47.3 Å². The van der Waals surface area contributed by atoms with E-state index in [1.165, 1.54) is 25.0 Å². The van der Waals surface area contributed by atoms with Crippen molar-refractivity contribution in [3.63, 3.8) is 0 Å². The van der Waals surface area contributed by atoms with Crippen LogP contribution in [-0.4, -0.2) is 39.9 Å². The van der Waals surface area contributed by atoms with E-state index >= 15 is 0 Å². The molecular formula is C22H22N4O4. The van der Waals surface area contributed by atoms with Crippen molar-refractivity contribution in [1.82, 2.24) is 9.78 Å². The summed E-state index contributed by atoms with van der Waals surface area (Å²) >= 11 is 0. The number of hydrogen-bond acceptors (Lipinski definition) is 5. The fourth-order valence-corrected chi connectivity index (χ4v) is 3.88. The van der Waals surface area contributed by atoms with Gasteiger partial charge in [-0.25, -0.2) is 9.48 Å². The largest absolute Gasteiger partial charge is 0.476 e. The molecule has 2 heterocycles. The van der Waals surface area contributed by atoms with Gasteiger partial charge in [0.25, 0.3) is 5.56 Å². The summed E-state index contributed by atoms with van der Waals surface area (Å²) in [7, 11) is 0. The zero-order valence-electron chi connectivity index (χ0n) is 16.6. The van der Waals surface area contributed by atoms with Crippen molar-refractivity contribution in [1.29, 1.82) is 0 Å². The standard InChI is InChI=1S/C22H22N4O4/c1-14-12-15(8-9-18(14)25-10-4-5-11-25)23-19(27)13-26-21(28)17-7-3-2-6-16(17)20(24-26)22(29)30/h2-3,6-9,12H,4-5,10-11,13H2,1H3,(H,23,27)(H,29,30). The summed E-state index contributed by atoms with van der Waals surface area (Å²) in [5.41, 5.74) is 2.07. The average Bonchev–Trinajstić information content (AvgIpc) is 3.24. The Labute approximate surface area is 172 Å². The van der Waals surface area contributed by atoms with E-state index in [1.54, 1.807) is 12.1 Å². The molecule has 3 aromatic rings. The molecule has 0 spiro atoms. The maximum atomic E-state index is 12.7. The molecule has 0 bridgehead atoms. The second-order valence-electron chi connectivity index (χ2n) is 7.41. The number of rotatable bonds is 5. The molecule has 4 rings (SSSR count). The van der Waals surface area contributed by atoms with Crippen LogP contribution in [0.4, 0.5) is 11.4 Å². The molecule has 0 atom stereocenters. The van der Waals surface area contributed by atoms with Crippen LogP contribution in [0, 0.1) is 6.92 Å². The van der Waals surface area contributed by atoms with Gasteiger partial charge in [-0.1, -0.05) is 18.2 Å². The van der Waals surface area contributed by atoms with Gasteiger partial charge in [0.2, 0.25) is 5.91 Å². The number of fused-ring (bicyclic) bond motifs is 1. The number of carbonyl (C=O) groups excluding carboxylic acids is 1. The first-order valence-electron chi connectivity index (χ1n) is 9.82. The molecule has 0 saturated carbocycles. The quantitative estimate of drug-likeness (QED) is 0.675. The van der Waals surface area contributed by atoms with E-state index < -0.39 is 17.4 Å². The topological polar surface area (TPSA) is 105 Å². The highest BCUT2D eigenvalue weighted by Gasteiger charge is 2.18. The van der Waals surface area contributed by atoms with Gasteiger partial charge < -0.3 is 15.3 Å². The number of aromatic nitrogens is 2. The molecule has 1 aromatic heterocycles. The molecule has 2 N–H and O–H groups in total. The van der Waals surface area contributed by atoms with E-state index in [2.05, 4.69) is 15.3 Å². The zero-order chi connectivity index (χ0) is 21.3. The molecule has 1 fully saturated rings. The Morgan fingerprint density at radius 3 is 2.47 bits per heavy atom. The third-order valence-electron chi connectivity index (χ3n) is 5.29. The highest BCUT2D eigenvalue weighted by atomic mass is 16.4. The highest BCUT2D eigenvalue weighted by Crippen LogP contribution is 2.26. The molecule has 1 aliphatic heterocycles. The van der Waals surface area contributed by atoms with Crippen LogP contribution in [0.5, 0.6) is 0 Å². The van der Waals surface area contributed by atoms with E-state index in [-0.39, 0.29) is 23.0 Å². The second-order valence-corrected chi connectivity index (χ2v) is 7.41.